The first-order valence-electron chi connectivity index (χ1n) is 12.4. The molecule has 1 heterocycles. The van der Waals surface area contributed by atoms with E-state index in [1.54, 1.807) is 31.4 Å². The van der Waals surface area contributed by atoms with Crippen LogP contribution >= 0.6 is 0 Å². The lowest BCUT2D eigenvalue weighted by Crippen LogP contribution is -2.51. The number of hydrogen-bond acceptors (Lipinski definition) is 6. The summed E-state index contributed by atoms with van der Waals surface area (Å²) in [5.74, 6) is -0.0253. The van der Waals surface area contributed by atoms with Gasteiger partial charge in [0.2, 0.25) is 5.91 Å². The minimum absolute atomic E-state index is 0.198. The van der Waals surface area contributed by atoms with Gasteiger partial charge in [0.25, 0.3) is 0 Å². The lowest BCUT2D eigenvalue weighted by Gasteiger charge is -2.24. The molecule has 38 heavy (non-hydrogen) atoms. The molecule has 0 aliphatic carbocycles. The second-order valence-corrected chi connectivity index (χ2v) is 8.97. The van der Waals surface area contributed by atoms with Crippen LogP contribution < -0.4 is 20.5 Å². The van der Waals surface area contributed by atoms with Crippen LogP contribution in [-0.4, -0.2) is 36.6 Å². The Hall–Kier alpha value is -4.61. The first-order chi connectivity index (χ1) is 18.5. The molecule has 8 heteroatoms. The summed E-state index contributed by atoms with van der Waals surface area (Å²) in [4.78, 5) is 29.4. The third-order valence-corrected chi connectivity index (χ3v) is 6.47. The quantitative estimate of drug-likeness (QED) is 0.248. The Morgan fingerprint density at radius 3 is 2.53 bits per heavy atom. The molecule has 0 radical (unpaired) electrons. The van der Waals surface area contributed by atoms with Crippen LogP contribution in [-0.2, 0) is 22.4 Å². The van der Waals surface area contributed by atoms with Crippen LogP contribution in [0.1, 0.15) is 23.1 Å². The van der Waals surface area contributed by atoms with Crippen LogP contribution in [0, 0.1) is 17.2 Å². The molecule has 0 spiro atoms. The van der Waals surface area contributed by atoms with E-state index in [-0.39, 0.29) is 24.7 Å². The summed E-state index contributed by atoms with van der Waals surface area (Å²) in [6, 6.07) is 23.9. The molecule has 0 aliphatic rings. The SMILES string of the molecule is COc1ccccc1CCC(=O)NC(N)C(Cc1c[nH]c2ccccc12)C(=O)COc1ccc(C#N)cc1. The van der Waals surface area contributed by atoms with Gasteiger partial charge in [-0.1, -0.05) is 36.4 Å². The predicted octanol–water partition coefficient (Wildman–Crippen LogP) is 3.89. The summed E-state index contributed by atoms with van der Waals surface area (Å²) in [6.07, 6.45) is 1.96. The number of aromatic nitrogens is 1. The third-order valence-electron chi connectivity index (χ3n) is 6.47. The number of fused-ring (bicyclic) bond motifs is 1. The second-order valence-electron chi connectivity index (χ2n) is 8.97. The Morgan fingerprint density at radius 2 is 1.76 bits per heavy atom. The number of aromatic amines is 1. The van der Waals surface area contributed by atoms with Crippen molar-refractivity contribution in [2.24, 2.45) is 11.7 Å². The van der Waals surface area contributed by atoms with E-state index >= 15 is 0 Å². The number of amides is 1. The normalized spacial score (nSPS) is 12.3. The van der Waals surface area contributed by atoms with Gasteiger partial charge in [-0.3, -0.25) is 9.59 Å². The van der Waals surface area contributed by atoms with Crippen molar-refractivity contribution >= 4 is 22.6 Å². The van der Waals surface area contributed by atoms with E-state index in [9.17, 15) is 9.59 Å². The largest absolute Gasteiger partial charge is 0.496 e. The van der Waals surface area contributed by atoms with Gasteiger partial charge in [0.1, 0.15) is 18.1 Å². The van der Waals surface area contributed by atoms with Crippen molar-refractivity contribution in [3.63, 3.8) is 0 Å². The Morgan fingerprint density at radius 1 is 1.03 bits per heavy atom. The molecule has 0 aliphatic heterocycles. The standard InChI is InChI=1S/C30H30N4O4/c1-37-28-9-5-2-6-21(28)12-15-29(36)34-30(32)25(16-22-18-33-26-8-4-3-7-24(22)26)27(35)19-38-23-13-10-20(17-31)11-14-23/h2-11,13-14,18,25,30,33H,12,15-16,19,32H2,1H3,(H,34,36). The molecule has 3 aromatic carbocycles. The summed E-state index contributed by atoms with van der Waals surface area (Å²) in [5, 5.41) is 12.8. The summed E-state index contributed by atoms with van der Waals surface area (Å²) >= 11 is 0. The highest BCUT2D eigenvalue weighted by molar-refractivity contribution is 5.87. The number of carbonyl (C=O) groups is 2. The first-order valence-corrected chi connectivity index (χ1v) is 12.4. The molecule has 194 valence electrons. The Balaban J connectivity index is 1.45. The number of nitrogens with two attached hydrogens (primary N) is 1. The van der Waals surface area contributed by atoms with Crippen molar-refractivity contribution in [3.8, 4) is 17.6 Å². The number of para-hydroxylation sites is 2. The van der Waals surface area contributed by atoms with Gasteiger partial charge >= 0.3 is 0 Å². The maximum Gasteiger partial charge on any atom is 0.221 e. The maximum absolute atomic E-state index is 13.4. The van der Waals surface area contributed by atoms with Crippen LogP contribution in [0.3, 0.4) is 0 Å². The number of rotatable bonds is 12. The van der Waals surface area contributed by atoms with E-state index in [2.05, 4.69) is 10.3 Å². The molecule has 1 amide bonds. The predicted molar refractivity (Wildman–Crippen MR) is 145 cm³/mol. The number of ketones is 1. The second kappa shape index (κ2) is 12.6. The first kappa shape index (κ1) is 26.5. The minimum Gasteiger partial charge on any atom is -0.496 e. The average Bonchev–Trinajstić information content (AvgIpc) is 3.36. The molecular formula is C30H30N4O4. The number of carbonyl (C=O) groups excluding carboxylic acids is 2. The van der Waals surface area contributed by atoms with Gasteiger partial charge in [-0.25, -0.2) is 0 Å². The zero-order valence-corrected chi connectivity index (χ0v) is 21.1. The molecule has 0 saturated heterocycles. The monoisotopic (exact) mass is 510 g/mol. The maximum atomic E-state index is 13.4. The van der Waals surface area contributed by atoms with Crippen molar-refractivity contribution in [1.82, 2.24) is 10.3 Å². The number of ether oxygens (including phenoxy) is 2. The average molecular weight is 511 g/mol. The van der Waals surface area contributed by atoms with Crippen LogP contribution in [0.4, 0.5) is 0 Å². The number of nitriles is 1. The summed E-state index contributed by atoms with van der Waals surface area (Å²) in [6.45, 7) is -0.219. The highest BCUT2D eigenvalue weighted by atomic mass is 16.5. The van der Waals surface area contributed by atoms with Crippen molar-refractivity contribution in [2.75, 3.05) is 13.7 Å². The van der Waals surface area contributed by atoms with E-state index in [4.69, 9.17) is 20.5 Å². The molecule has 0 saturated carbocycles. The number of Topliss-reactive ketones (excluding diaryl/α,β-unsaturated/α-hetero) is 1. The lowest BCUT2D eigenvalue weighted by atomic mass is 9.92. The number of benzene rings is 3. The van der Waals surface area contributed by atoms with Gasteiger partial charge in [0, 0.05) is 23.5 Å². The van der Waals surface area contributed by atoms with Crippen LogP contribution in [0.5, 0.6) is 11.5 Å². The van der Waals surface area contributed by atoms with E-state index in [1.165, 1.54) is 0 Å². The van der Waals surface area contributed by atoms with Crippen LogP contribution in [0.2, 0.25) is 0 Å². The summed E-state index contributed by atoms with van der Waals surface area (Å²) < 4.78 is 11.1. The van der Waals surface area contributed by atoms with Gasteiger partial charge in [0.15, 0.2) is 5.78 Å². The fourth-order valence-electron chi connectivity index (χ4n) is 4.38. The molecule has 0 bridgehead atoms. The number of nitrogens with zero attached hydrogens (tertiary/aromatic N) is 1. The van der Waals surface area contributed by atoms with E-state index in [1.807, 2.05) is 60.8 Å². The Bertz CT molecular complexity index is 1440. The molecule has 1 aromatic heterocycles. The highest BCUT2D eigenvalue weighted by Crippen LogP contribution is 2.23. The van der Waals surface area contributed by atoms with Crippen LogP contribution in [0.15, 0.2) is 79.0 Å². The smallest absolute Gasteiger partial charge is 0.221 e. The van der Waals surface area contributed by atoms with E-state index < -0.39 is 12.1 Å². The van der Waals surface area contributed by atoms with E-state index in [0.29, 0.717) is 24.2 Å². The molecular weight excluding hydrogens is 480 g/mol. The minimum atomic E-state index is -0.911. The van der Waals surface area contributed by atoms with Crippen molar-refractivity contribution in [1.29, 1.82) is 5.26 Å². The molecule has 4 rings (SSSR count). The summed E-state index contributed by atoms with van der Waals surface area (Å²) in [7, 11) is 1.59. The van der Waals surface area contributed by atoms with Gasteiger partial charge < -0.3 is 25.5 Å². The molecule has 2 unspecified atom stereocenters. The zero-order valence-electron chi connectivity index (χ0n) is 21.1. The number of hydrogen-bond donors (Lipinski definition) is 3. The summed E-state index contributed by atoms with van der Waals surface area (Å²) in [5.41, 5.74) is 9.73. The molecule has 4 aromatic rings. The van der Waals surface area contributed by atoms with Gasteiger partial charge in [0.05, 0.1) is 30.8 Å². The highest BCUT2D eigenvalue weighted by Gasteiger charge is 2.28. The topological polar surface area (TPSA) is 130 Å². The van der Waals surface area contributed by atoms with Gasteiger partial charge in [-0.05, 0) is 60.4 Å². The molecule has 8 nitrogen and oxygen atoms in total. The number of nitrogens with one attached hydrogen (secondary N) is 2. The molecule has 4 N–H and O–H groups in total. The van der Waals surface area contributed by atoms with Gasteiger partial charge in [-0.15, -0.1) is 0 Å². The fraction of sp³-hybridized carbons (Fsp3) is 0.233. The van der Waals surface area contributed by atoms with Crippen molar-refractivity contribution < 1.29 is 19.1 Å². The van der Waals surface area contributed by atoms with Crippen molar-refractivity contribution in [2.45, 2.75) is 25.4 Å². The molecule has 2 atom stereocenters. The zero-order chi connectivity index (χ0) is 26.9. The van der Waals surface area contributed by atoms with Crippen LogP contribution in [0.25, 0.3) is 10.9 Å². The Kier molecular flexibility index (Phi) is 8.75. The van der Waals surface area contributed by atoms with Gasteiger partial charge in [-0.2, -0.15) is 5.26 Å². The molecule has 0 fully saturated rings. The number of aryl methyl sites for hydroxylation is 1. The van der Waals surface area contributed by atoms with E-state index in [0.717, 1.165) is 27.8 Å². The third kappa shape index (κ3) is 6.58. The Labute approximate surface area is 221 Å². The number of methoxy groups -OCH3 is 1. The lowest BCUT2D eigenvalue weighted by molar-refractivity contribution is -0.127. The fourth-order valence-corrected chi connectivity index (χ4v) is 4.38. The number of H-pyrrole nitrogens is 1. The van der Waals surface area contributed by atoms with Crippen molar-refractivity contribution in [3.05, 3.63) is 95.7 Å².